The van der Waals surface area contributed by atoms with Crippen LogP contribution in [0, 0.1) is 11.6 Å². The Balaban J connectivity index is 1.63. The molecule has 0 saturated heterocycles. The fraction of sp³-hybridized carbons (Fsp3) is 0.148. The topological polar surface area (TPSA) is 80.5 Å². The summed E-state index contributed by atoms with van der Waals surface area (Å²) in [6.45, 7) is 4.15. The first kappa shape index (κ1) is 23.2. The van der Waals surface area contributed by atoms with Crippen molar-refractivity contribution in [2.24, 2.45) is 0 Å². The zero-order chi connectivity index (χ0) is 25.2. The second kappa shape index (κ2) is 9.61. The third kappa shape index (κ3) is 4.43. The molecule has 2 amide bonds. The molecule has 182 valence electrons. The van der Waals surface area contributed by atoms with Gasteiger partial charge in [0.1, 0.15) is 17.4 Å². The lowest BCUT2D eigenvalue weighted by atomic mass is 9.94. The highest BCUT2D eigenvalue weighted by Gasteiger charge is 2.36. The summed E-state index contributed by atoms with van der Waals surface area (Å²) in [7, 11) is 0. The number of carbonyl (C=O) groups is 1. The van der Waals surface area contributed by atoms with Gasteiger partial charge < -0.3 is 14.6 Å². The molecular formula is C27H22F2N4O3. The molecule has 1 N–H and O–H groups in total. The number of halogens is 2. The van der Waals surface area contributed by atoms with Gasteiger partial charge in [-0.25, -0.2) is 13.6 Å². The molecule has 9 heteroatoms. The van der Waals surface area contributed by atoms with Crippen LogP contribution in [0.5, 0.6) is 5.75 Å². The Morgan fingerprint density at radius 3 is 2.44 bits per heavy atom. The average molecular weight is 488 g/mol. The van der Waals surface area contributed by atoms with Crippen molar-refractivity contribution in [3.63, 3.8) is 0 Å². The Kier molecular flexibility index (Phi) is 6.20. The van der Waals surface area contributed by atoms with E-state index in [0.29, 0.717) is 34.9 Å². The fourth-order valence-electron chi connectivity index (χ4n) is 4.20. The zero-order valence-corrected chi connectivity index (χ0v) is 19.5. The molecule has 0 radical (unpaired) electrons. The number of urea groups is 1. The Hall–Kier alpha value is -4.53. The summed E-state index contributed by atoms with van der Waals surface area (Å²) in [5, 5.41) is 7.00. The Morgan fingerprint density at radius 2 is 1.75 bits per heavy atom. The number of hydrogen-bond acceptors (Lipinski definition) is 5. The van der Waals surface area contributed by atoms with Crippen LogP contribution in [-0.2, 0) is 0 Å². The molecule has 0 saturated carbocycles. The van der Waals surface area contributed by atoms with Crippen molar-refractivity contribution in [1.82, 2.24) is 15.5 Å². The van der Waals surface area contributed by atoms with Crippen LogP contribution in [0.25, 0.3) is 17.0 Å². The number of anilines is 1. The number of aromatic nitrogens is 2. The number of nitrogens with zero attached hydrogens (tertiary/aromatic N) is 3. The smallest absolute Gasteiger partial charge is 0.327 e. The maximum atomic E-state index is 14.0. The first-order valence-corrected chi connectivity index (χ1v) is 11.3. The van der Waals surface area contributed by atoms with Gasteiger partial charge in [0.2, 0.25) is 5.82 Å². The van der Waals surface area contributed by atoms with Crippen molar-refractivity contribution in [2.45, 2.75) is 19.9 Å². The van der Waals surface area contributed by atoms with Crippen LogP contribution in [-0.4, -0.2) is 22.8 Å². The number of nitrogens with one attached hydrogen (secondary N) is 1. The van der Waals surface area contributed by atoms with Crippen LogP contribution < -0.4 is 15.0 Å². The van der Waals surface area contributed by atoms with E-state index in [1.165, 1.54) is 35.2 Å². The lowest BCUT2D eigenvalue weighted by molar-refractivity contribution is 0.244. The second-order valence-electron chi connectivity index (χ2n) is 8.13. The van der Waals surface area contributed by atoms with Gasteiger partial charge >= 0.3 is 6.03 Å². The van der Waals surface area contributed by atoms with E-state index in [1.54, 1.807) is 25.1 Å². The summed E-state index contributed by atoms with van der Waals surface area (Å²) in [6.07, 6.45) is 0. The predicted molar refractivity (Wildman–Crippen MR) is 130 cm³/mol. The van der Waals surface area contributed by atoms with Crippen molar-refractivity contribution in [1.29, 1.82) is 0 Å². The number of rotatable bonds is 6. The number of carbonyl (C=O) groups excluding carboxylic acids is 1. The van der Waals surface area contributed by atoms with Gasteiger partial charge in [-0.3, -0.25) is 4.90 Å². The highest BCUT2D eigenvalue weighted by Crippen LogP contribution is 2.39. The van der Waals surface area contributed by atoms with Gasteiger partial charge in [0, 0.05) is 11.3 Å². The Morgan fingerprint density at radius 1 is 1.03 bits per heavy atom. The van der Waals surface area contributed by atoms with E-state index in [0.717, 1.165) is 5.56 Å². The number of ether oxygens (including phenoxy) is 1. The average Bonchev–Trinajstić information content (AvgIpc) is 3.34. The van der Waals surface area contributed by atoms with Gasteiger partial charge in [-0.2, -0.15) is 4.98 Å². The molecule has 0 spiro atoms. The summed E-state index contributed by atoms with van der Waals surface area (Å²) in [4.78, 5) is 19.1. The van der Waals surface area contributed by atoms with Crippen LogP contribution in [0.15, 0.2) is 83.0 Å². The quantitative estimate of drug-likeness (QED) is 0.354. The van der Waals surface area contributed by atoms with Gasteiger partial charge in [0.15, 0.2) is 0 Å². The van der Waals surface area contributed by atoms with Crippen molar-refractivity contribution in [2.75, 3.05) is 11.5 Å². The predicted octanol–water partition coefficient (Wildman–Crippen LogP) is 6.12. The molecule has 0 bridgehead atoms. The van der Waals surface area contributed by atoms with Crippen LogP contribution in [0.1, 0.15) is 31.3 Å². The molecular weight excluding hydrogens is 466 g/mol. The molecule has 1 atom stereocenters. The lowest BCUT2D eigenvalue weighted by Crippen LogP contribution is -2.46. The van der Waals surface area contributed by atoms with Crippen molar-refractivity contribution >= 4 is 17.3 Å². The maximum absolute atomic E-state index is 14.0. The summed E-state index contributed by atoms with van der Waals surface area (Å²) in [6, 6.07) is 17.8. The SMILES string of the molecule is CCOc1ccc(C2NC(=O)N(c3cccc(F)c3)C(C)=C2c2nc(-c3cccc(F)c3)no2)cc1. The van der Waals surface area contributed by atoms with E-state index in [9.17, 15) is 13.6 Å². The minimum atomic E-state index is -0.640. The molecule has 0 fully saturated rings. The molecule has 1 aliphatic rings. The summed E-state index contributed by atoms with van der Waals surface area (Å²) in [5.41, 5.74) is 2.56. The van der Waals surface area contributed by atoms with Gasteiger partial charge in [-0.15, -0.1) is 0 Å². The first-order valence-electron chi connectivity index (χ1n) is 11.3. The van der Waals surface area contributed by atoms with E-state index in [2.05, 4.69) is 15.5 Å². The highest BCUT2D eigenvalue weighted by molar-refractivity contribution is 6.01. The monoisotopic (exact) mass is 488 g/mol. The van der Waals surface area contributed by atoms with E-state index < -0.39 is 23.7 Å². The molecule has 7 nitrogen and oxygen atoms in total. The van der Waals surface area contributed by atoms with Crippen molar-refractivity contribution in [3.8, 4) is 17.1 Å². The molecule has 1 aliphatic heterocycles. The Bertz CT molecular complexity index is 1450. The van der Waals surface area contributed by atoms with Crippen LogP contribution >= 0.6 is 0 Å². The normalized spacial score (nSPS) is 15.7. The van der Waals surface area contributed by atoms with E-state index in [1.807, 2.05) is 31.2 Å². The molecule has 1 aromatic heterocycles. The molecule has 2 heterocycles. The van der Waals surface area contributed by atoms with Gasteiger partial charge in [0.05, 0.1) is 23.9 Å². The zero-order valence-electron chi connectivity index (χ0n) is 19.5. The van der Waals surface area contributed by atoms with E-state index >= 15 is 0 Å². The number of amides is 2. The summed E-state index contributed by atoms with van der Waals surface area (Å²) in [5.74, 6) is 0.132. The Labute approximate surface area is 206 Å². The maximum Gasteiger partial charge on any atom is 0.327 e. The molecule has 4 aromatic rings. The highest BCUT2D eigenvalue weighted by atomic mass is 19.1. The lowest BCUT2D eigenvalue weighted by Gasteiger charge is -2.35. The standard InChI is InChI=1S/C27H22F2N4O3/c1-3-35-22-12-10-17(11-13-22)24-23(26-31-25(32-36-26)18-6-4-7-19(28)14-18)16(2)33(27(34)30-24)21-9-5-8-20(29)15-21/h4-15,24H,3H2,1-2H3,(H,30,34). The minimum absolute atomic E-state index is 0.145. The van der Waals surface area contributed by atoms with Gasteiger partial charge in [-0.1, -0.05) is 35.5 Å². The van der Waals surface area contributed by atoms with Crippen molar-refractivity contribution < 1.29 is 22.8 Å². The van der Waals surface area contributed by atoms with Crippen LogP contribution in [0.3, 0.4) is 0 Å². The summed E-state index contributed by atoms with van der Waals surface area (Å²) < 4.78 is 38.9. The number of hydrogen-bond donors (Lipinski definition) is 1. The molecule has 36 heavy (non-hydrogen) atoms. The van der Waals surface area contributed by atoms with E-state index in [4.69, 9.17) is 9.26 Å². The number of benzene rings is 3. The third-order valence-corrected chi connectivity index (χ3v) is 5.81. The van der Waals surface area contributed by atoms with Crippen molar-refractivity contribution in [3.05, 3.63) is 102 Å². The third-order valence-electron chi connectivity index (χ3n) is 5.81. The molecule has 3 aromatic carbocycles. The van der Waals surface area contributed by atoms with E-state index in [-0.39, 0.29) is 11.7 Å². The molecule has 5 rings (SSSR count). The molecule has 0 aliphatic carbocycles. The first-order chi connectivity index (χ1) is 17.4. The fourth-order valence-corrected chi connectivity index (χ4v) is 4.20. The second-order valence-corrected chi connectivity index (χ2v) is 8.13. The van der Waals surface area contributed by atoms with Crippen LogP contribution in [0.4, 0.5) is 19.3 Å². The number of allylic oxidation sites excluding steroid dienone is 1. The van der Waals surface area contributed by atoms with Gasteiger partial charge in [-0.05, 0) is 61.9 Å². The van der Waals surface area contributed by atoms with Gasteiger partial charge in [0.25, 0.3) is 5.89 Å². The summed E-state index contributed by atoms with van der Waals surface area (Å²) >= 11 is 0. The minimum Gasteiger partial charge on any atom is -0.494 e. The largest absolute Gasteiger partial charge is 0.494 e. The molecule has 1 unspecified atom stereocenters. The van der Waals surface area contributed by atoms with Crippen LogP contribution in [0.2, 0.25) is 0 Å².